The van der Waals surface area contributed by atoms with Gasteiger partial charge in [0, 0.05) is 0 Å². The first-order chi connectivity index (χ1) is 20.8. The van der Waals surface area contributed by atoms with Gasteiger partial charge >= 0.3 is 0 Å². The molecular weight excluding hydrogens is 504 g/mol. The van der Waals surface area contributed by atoms with Crippen molar-refractivity contribution in [3.63, 3.8) is 0 Å². The van der Waals surface area contributed by atoms with Gasteiger partial charge in [-0.2, -0.15) is 0 Å². The van der Waals surface area contributed by atoms with Crippen molar-refractivity contribution >= 4 is 66.0 Å². The number of fused-ring (bicyclic) bond motifs is 9. The standard InChI is InChI=1S/C42H48/c1-3-5-7-9-11-13-15-17-21-31-25-35-36(26-32(31)22-18-16-14-12-10-8-6-4-2)40-30-42-38-28-34-24-20-19-23-33(34)27-37(38)41(42)29-39(35)40/h17-30H,3-16H2,1-2H3/b21-17+,22-18?. The Morgan fingerprint density at radius 2 is 0.762 bits per heavy atom. The second kappa shape index (κ2) is 13.7. The van der Waals surface area contributed by atoms with Crippen LogP contribution in [0.15, 0.2) is 72.8 Å². The maximum atomic E-state index is 2.46. The maximum absolute atomic E-state index is 2.46. The smallest absolute Gasteiger partial charge is 0.00921 e. The molecule has 0 bridgehead atoms. The zero-order valence-electron chi connectivity index (χ0n) is 26.0. The summed E-state index contributed by atoms with van der Waals surface area (Å²) >= 11 is 0. The number of rotatable bonds is 16. The van der Waals surface area contributed by atoms with Crippen LogP contribution in [0.5, 0.6) is 0 Å². The van der Waals surface area contributed by atoms with E-state index in [2.05, 4.69) is 98.8 Å². The molecule has 0 aliphatic carbocycles. The van der Waals surface area contributed by atoms with Crippen LogP contribution < -0.4 is 0 Å². The molecule has 6 aromatic rings. The number of hydrogen-bond donors (Lipinski definition) is 0. The lowest BCUT2D eigenvalue weighted by atomic mass is 9.84. The molecule has 0 saturated heterocycles. The minimum atomic E-state index is 1.18. The summed E-state index contributed by atoms with van der Waals surface area (Å²) in [6.07, 6.45) is 28.3. The van der Waals surface area contributed by atoms with E-state index in [-0.39, 0.29) is 0 Å². The van der Waals surface area contributed by atoms with Crippen LogP contribution in [0.3, 0.4) is 0 Å². The van der Waals surface area contributed by atoms with Gasteiger partial charge in [0.1, 0.15) is 0 Å². The minimum absolute atomic E-state index is 1.18. The van der Waals surface area contributed by atoms with Crippen LogP contribution in [0.1, 0.15) is 115 Å². The van der Waals surface area contributed by atoms with Gasteiger partial charge in [-0.05, 0) is 127 Å². The SMILES string of the molecule is CCCCCCCCC=Cc1cc2c(cc1/C=C/CCCCCCCC)c1cc3c4cc5ccccc5cc4c3cc21. The Hall–Kier alpha value is -3.38. The molecule has 6 rings (SSSR count). The second-order valence-electron chi connectivity index (χ2n) is 12.6. The number of unbranched alkanes of at least 4 members (excludes halogenated alkanes) is 12. The van der Waals surface area contributed by atoms with Gasteiger partial charge in [0.25, 0.3) is 0 Å². The second-order valence-corrected chi connectivity index (χ2v) is 12.6. The molecule has 0 N–H and O–H groups in total. The third kappa shape index (κ3) is 6.05. The van der Waals surface area contributed by atoms with E-state index < -0.39 is 0 Å². The Balaban J connectivity index is 1.26. The van der Waals surface area contributed by atoms with Gasteiger partial charge in [0.15, 0.2) is 0 Å². The Labute approximate surface area is 253 Å². The molecule has 0 aliphatic heterocycles. The predicted molar refractivity (Wildman–Crippen MR) is 190 cm³/mol. The Morgan fingerprint density at radius 3 is 1.19 bits per heavy atom. The van der Waals surface area contributed by atoms with Gasteiger partial charge in [0.2, 0.25) is 0 Å². The molecule has 0 nitrogen and oxygen atoms in total. The predicted octanol–water partition coefficient (Wildman–Crippen LogP) is 13.9. The zero-order valence-corrected chi connectivity index (χ0v) is 26.0. The largest absolute Gasteiger partial charge is 0.0839 e. The summed E-state index contributed by atoms with van der Waals surface area (Å²) in [5.41, 5.74) is 2.75. The summed E-state index contributed by atoms with van der Waals surface area (Å²) in [6.45, 7) is 4.59. The Kier molecular flexibility index (Phi) is 9.39. The molecule has 0 heteroatoms. The summed E-state index contributed by atoms with van der Waals surface area (Å²) in [5.74, 6) is 0. The van der Waals surface area contributed by atoms with E-state index in [0.29, 0.717) is 0 Å². The highest BCUT2D eigenvalue weighted by atomic mass is 14.2. The summed E-state index contributed by atoms with van der Waals surface area (Å²) < 4.78 is 0. The molecule has 0 amide bonds. The van der Waals surface area contributed by atoms with Gasteiger partial charge in [0.05, 0.1) is 0 Å². The van der Waals surface area contributed by atoms with E-state index in [1.165, 1.54) is 155 Å². The monoisotopic (exact) mass is 552 g/mol. The molecule has 216 valence electrons. The van der Waals surface area contributed by atoms with Crippen LogP contribution in [0, 0.1) is 0 Å². The van der Waals surface area contributed by atoms with Crippen molar-refractivity contribution in [2.24, 2.45) is 0 Å². The highest BCUT2D eigenvalue weighted by Crippen LogP contribution is 2.45. The molecule has 0 atom stereocenters. The normalized spacial score (nSPS) is 12.7. The molecule has 6 aromatic carbocycles. The molecule has 0 spiro atoms. The number of hydrogen-bond acceptors (Lipinski definition) is 0. The fourth-order valence-corrected chi connectivity index (χ4v) is 6.93. The van der Waals surface area contributed by atoms with E-state index in [1.54, 1.807) is 0 Å². The van der Waals surface area contributed by atoms with Gasteiger partial charge in [-0.25, -0.2) is 0 Å². The average Bonchev–Trinajstić information content (AvgIpc) is 3.01. The molecule has 0 radical (unpaired) electrons. The van der Waals surface area contributed by atoms with Gasteiger partial charge in [-0.1, -0.05) is 127 Å². The zero-order chi connectivity index (χ0) is 28.7. The number of benzene rings is 4. The topological polar surface area (TPSA) is 0 Å². The van der Waals surface area contributed by atoms with Crippen molar-refractivity contribution in [2.75, 3.05) is 0 Å². The van der Waals surface area contributed by atoms with E-state index in [9.17, 15) is 0 Å². The molecule has 0 unspecified atom stereocenters. The molecule has 0 fully saturated rings. The quantitative estimate of drug-likeness (QED) is 0.105. The average molecular weight is 553 g/mol. The lowest BCUT2D eigenvalue weighted by Gasteiger charge is -2.19. The highest BCUT2D eigenvalue weighted by molar-refractivity contribution is 6.36. The van der Waals surface area contributed by atoms with E-state index >= 15 is 0 Å². The molecule has 0 aromatic heterocycles. The summed E-state index contributed by atoms with van der Waals surface area (Å²) in [4.78, 5) is 0. The van der Waals surface area contributed by atoms with Crippen molar-refractivity contribution in [3.05, 3.63) is 83.9 Å². The van der Waals surface area contributed by atoms with Crippen LogP contribution in [0.4, 0.5) is 0 Å². The number of allylic oxidation sites excluding steroid dienone is 2. The van der Waals surface area contributed by atoms with Crippen LogP contribution in [-0.2, 0) is 0 Å². The maximum Gasteiger partial charge on any atom is -0.00921 e. The Bertz CT molecular complexity index is 1660. The van der Waals surface area contributed by atoms with Gasteiger partial charge < -0.3 is 0 Å². The van der Waals surface area contributed by atoms with Crippen LogP contribution >= 0.6 is 0 Å². The molecule has 0 aliphatic rings. The third-order valence-electron chi connectivity index (χ3n) is 9.47. The summed E-state index contributed by atoms with van der Waals surface area (Å²) in [5, 5.41) is 14.0. The van der Waals surface area contributed by atoms with E-state index in [4.69, 9.17) is 0 Å². The summed E-state index contributed by atoms with van der Waals surface area (Å²) in [6, 6.07) is 23.4. The van der Waals surface area contributed by atoms with Crippen molar-refractivity contribution in [1.29, 1.82) is 0 Å². The minimum Gasteiger partial charge on any atom is -0.0839 e. The van der Waals surface area contributed by atoms with Crippen LogP contribution in [-0.4, -0.2) is 0 Å². The fraction of sp³-hybridized carbons (Fsp3) is 0.381. The van der Waals surface area contributed by atoms with Crippen LogP contribution in [0.25, 0.3) is 66.0 Å². The lowest BCUT2D eigenvalue weighted by Crippen LogP contribution is -1.93. The highest BCUT2D eigenvalue weighted by Gasteiger charge is 2.18. The van der Waals surface area contributed by atoms with Crippen molar-refractivity contribution in [3.8, 4) is 0 Å². The Morgan fingerprint density at radius 1 is 0.405 bits per heavy atom. The molecule has 42 heavy (non-hydrogen) atoms. The third-order valence-corrected chi connectivity index (χ3v) is 9.47. The molecule has 0 heterocycles. The fourth-order valence-electron chi connectivity index (χ4n) is 6.93. The van der Waals surface area contributed by atoms with Gasteiger partial charge in [-0.15, -0.1) is 0 Å². The first-order valence-electron chi connectivity index (χ1n) is 17.0. The van der Waals surface area contributed by atoms with E-state index in [1.807, 2.05) is 0 Å². The van der Waals surface area contributed by atoms with E-state index in [0.717, 1.165) is 0 Å². The van der Waals surface area contributed by atoms with Crippen molar-refractivity contribution in [2.45, 2.75) is 104 Å². The van der Waals surface area contributed by atoms with Crippen LogP contribution in [0.2, 0.25) is 0 Å². The van der Waals surface area contributed by atoms with Crippen molar-refractivity contribution < 1.29 is 0 Å². The lowest BCUT2D eigenvalue weighted by molar-refractivity contribution is 0.611. The molecular formula is C42H48. The van der Waals surface area contributed by atoms with Gasteiger partial charge in [-0.3, -0.25) is 0 Å². The summed E-state index contributed by atoms with van der Waals surface area (Å²) in [7, 11) is 0. The van der Waals surface area contributed by atoms with Crippen molar-refractivity contribution in [1.82, 2.24) is 0 Å². The first kappa shape index (κ1) is 28.7. The first-order valence-corrected chi connectivity index (χ1v) is 17.0. The molecule has 0 saturated carbocycles.